The Bertz CT molecular complexity index is 351. The highest BCUT2D eigenvalue weighted by Crippen LogP contribution is 2.41. The Kier molecular flexibility index (Phi) is 3.04. The van der Waals surface area contributed by atoms with Crippen molar-refractivity contribution < 1.29 is 4.74 Å². The SMILES string of the molecule is CC[C@@]1(C)O[C@@H](c2ccccc2)[C@H](C)N1C. The molecule has 1 aliphatic rings. The van der Waals surface area contributed by atoms with Gasteiger partial charge >= 0.3 is 0 Å². The first kappa shape index (κ1) is 11.6. The van der Waals surface area contributed by atoms with Gasteiger partial charge in [-0.3, -0.25) is 4.90 Å². The molecule has 0 unspecified atom stereocenters. The number of rotatable bonds is 2. The fourth-order valence-electron chi connectivity index (χ4n) is 2.41. The lowest BCUT2D eigenvalue weighted by atomic mass is 10.0. The van der Waals surface area contributed by atoms with Crippen molar-refractivity contribution in [3.05, 3.63) is 35.9 Å². The summed E-state index contributed by atoms with van der Waals surface area (Å²) in [5.74, 6) is 0. The third-order valence-corrected chi connectivity index (χ3v) is 3.96. The van der Waals surface area contributed by atoms with Crippen LogP contribution in [-0.2, 0) is 4.74 Å². The van der Waals surface area contributed by atoms with Crippen molar-refractivity contribution in [2.75, 3.05) is 7.05 Å². The normalized spacial score (nSPS) is 35.5. The predicted octanol–water partition coefficient (Wildman–Crippen LogP) is 3.20. The number of ether oxygens (including phenoxy) is 1. The van der Waals surface area contributed by atoms with Crippen molar-refractivity contribution in [3.63, 3.8) is 0 Å². The van der Waals surface area contributed by atoms with E-state index < -0.39 is 0 Å². The second-order valence-electron chi connectivity index (χ2n) is 4.83. The number of likely N-dealkylation sites (N-methyl/N-ethyl adjacent to an activating group) is 1. The summed E-state index contributed by atoms with van der Waals surface area (Å²) in [6, 6.07) is 10.9. The molecule has 0 aliphatic carbocycles. The van der Waals surface area contributed by atoms with E-state index in [1.807, 2.05) is 6.07 Å². The lowest BCUT2D eigenvalue weighted by Gasteiger charge is -2.30. The van der Waals surface area contributed by atoms with Gasteiger partial charge in [0.2, 0.25) is 0 Å². The van der Waals surface area contributed by atoms with Gasteiger partial charge < -0.3 is 4.74 Å². The monoisotopic (exact) mass is 219 g/mol. The molecule has 3 atom stereocenters. The second kappa shape index (κ2) is 4.19. The number of hydrogen-bond acceptors (Lipinski definition) is 2. The van der Waals surface area contributed by atoms with Crippen LogP contribution in [0.15, 0.2) is 30.3 Å². The molecule has 1 heterocycles. The quantitative estimate of drug-likeness (QED) is 0.757. The molecular formula is C14H21NO. The molecule has 0 spiro atoms. The van der Waals surface area contributed by atoms with Crippen LogP contribution < -0.4 is 0 Å². The van der Waals surface area contributed by atoms with E-state index in [9.17, 15) is 0 Å². The van der Waals surface area contributed by atoms with Crippen molar-refractivity contribution in [2.45, 2.75) is 45.1 Å². The molecule has 2 nitrogen and oxygen atoms in total. The largest absolute Gasteiger partial charge is 0.351 e. The molecule has 1 fully saturated rings. The van der Waals surface area contributed by atoms with Gasteiger partial charge in [0, 0.05) is 6.04 Å². The molecule has 0 saturated carbocycles. The lowest BCUT2D eigenvalue weighted by Crippen LogP contribution is -2.41. The van der Waals surface area contributed by atoms with Gasteiger partial charge in [0.1, 0.15) is 11.8 Å². The van der Waals surface area contributed by atoms with E-state index in [2.05, 4.69) is 57.0 Å². The number of benzene rings is 1. The minimum Gasteiger partial charge on any atom is -0.351 e. The smallest absolute Gasteiger partial charge is 0.119 e. The third-order valence-electron chi connectivity index (χ3n) is 3.96. The average Bonchev–Trinajstić information content (AvgIpc) is 2.56. The Morgan fingerprint density at radius 1 is 1.31 bits per heavy atom. The van der Waals surface area contributed by atoms with Crippen molar-refractivity contribution in [1.29, 1.82) is 0 Å². The molecule has 2 rings (SSSR count). The van der Waals surface area contributed by atoms with E-state index in [0.29, 0.717) is 6.04 Å². The van der Waals surface area contributed by atoms with E-state index in [0.717, 1.165) is 6.42 Å². The molecule has 2 heteroatoms. The maximum Gasteiger partial charge on any atom is 0.119 e. The summed E-state index contributed by atoms with van der Waals surface area (Å²) in [6.07, 6.45) is 1.20. The van der Waals surface area contributed by atoms with Crippen molar-refractivity contribution in [3.8, 4) is 0 Å². The fraction of sp³-hybridized carbons (Fsp3) is 0.571. The Morgan fingerprint density at radius 2 is 1.94 bits per heavy atom. The van der Waals surface area contributed by atoms with Crippen LogP contribution in [0, 0.1) is 0 Å². The van der Waals surface area contributed by atoms with Gasteiger partial charge in [0.15, 0.2) is 0 Å². The van der Waals surface area contributed by atoms with Crippen molar-refractivity contribution >= 4 is 0 Å². The summed E-state index contributed by atoms with van der Waals surface area (Å²) >= 11 is 0. The maximum atomic E-state index is 6.23. The summed E-state index contributed by atoms with van der Waals surface area (Å²) in [6.45, 7) is 6.58. The molecule has 0 N–H and O–H groups in total. The molecule has 0 amide bonds. The minimum absolute atomic E-state index is 0.125. The van der Waals surface area contributed by atoms with Crippen LogP contribution >= 0.6 is 0 Å². The molecule has 16 heavy (non-hydrogen) atoms. The number of nitrogens with zero attached hydrogens (tertiary/aromatic N) is 1. The van der Waals surface area contributed by atoms with Gasteiger partial charge in [-0.1, -0.05) is 37.3 Å². The molecule has 1 aromatic rings. The highest BCUT2D eigenvalue weighted by atomic mass is 16.5. The Morgan fingerprint density at radius 3 is 2.44 bits per heavy atom. The first-order valence-electron chi connectivity index (χ1n) is 6.04. The van der Waals surface area contributed by atoms with E-state index in [-0.39, 0.29) is 11.8 Å². The molecule has 88 valence electrons. The van der Waals surface area contributed by atoms with Gasteiger partial charge in [0.25, 0.3) is 0 Å². The predicted molar refractivity (Wildman–Crippen MR) is 66.2 cm³/mol. The second-order valence-corrected chi connectivity index (χ2v) is 4.83. The van der Waals surface area contributed by atoms with E-state index >= 15 is 0 Å². The molecule has 1 saturated heterocycles. The highest BCUT2D eigenvalue weighted by molar-refractivity contribution is 5.20. The van der Waals surface area contributed by atoms with Gasteiger partial charge in [-0.25, -0.2) is 0 Å². The van der Waals surface area contributed by atoms with Crippen LogP contribution in [-0.4, -0.2) is 23.7 Å². The molecule has 0 radical (unpaired) electrons. The Balaban J connectivity index is 2.26. The van der Waals surface area contributed by atoms with E-state index in [1.165, 1.54) is 5.56 Å². The molecule has 0 aromatic heterocycles. The van der Waals surface area contributed by atoms with E-state index in [1.54, 1.807) is 0 Å². The molecule has 0 bridgehead atoms. The zero-order valence-corrected chi connectivity index (χ0v) is 10.6. The molecule has 1 aliphatic heterocycles. The third kappa shape index (κ3) is 1.76. The summed E-state index contributed by atoms with van der Waals surface area (Å²) in [4.78, 5) is 2.34. The van der Waals surface area contributed by atoms with Crippen LogP contribution in [0.5, 0.6) is 0 Å². The van der Waals surface area contributed by atoms with Crippen LogP contribution in [0.4, 0.5) is 0 Å². The topological polar surface area (TPSA) is 12.5 Å². The minimum atomic E-state index is -0.125. The highest BCUT2D eigenvalue weighted by Gasteiger charge is 2.44. The molecule has 1 aromatic carbocycles. The summed E-state index contributed by atoms with van der Waals surface area (Å²) in [5, 5.41) is 0. The zero-order chi connectivity index (χ0) is 11.8. The van der Waals surface area contributed by atoms with Crippen LogP contribution in [0.25, 0.3) is 0 Å². The van der Waals surface area contributed by atoms with Crippen molar-refractivity contribution in [1.82, 2.24) is 4.90 Å². The van der Waals surface area contributed by atoms with E-state index in [4.69, 9.17) is 4.74 Å². The fourth-order valence-corrected chi connectivity index (χ4v) is 2.41. The van der Waals surface area contributed by atoms with Crippen molar-refractivity contribution in [2.24, 2.45) is 0 Å². The first-order valence-corrected chi connectivity index (χ1v) is 6.04. The first-order chi connectivity index (χ1) is 7.58. The standard InChI is InChI=1S/C14H21NO/c1-5-14(3)15(4)11(2)13(16-14)12-9-7-6-8-10-12/h6-11,13H,5H2,1-4H3/t11-,13+,14+/m0/s1. The zero-order valence-electron chi connectivity index (χ0n) is 10.6. The molecular weight excluding hydrogens is 198 g/mol. The van der Waals surface area contributed by atoms with Gasteiger partial charge in [0.05, 0.1) is 0 Å². The van der Waals surface area contributed by atoms with Crippen LogP contribution in [0.1, 0.15) is 38.9 Å². The Hall–Kier alpha value is -0.860. The summed E-state index contributed by atoms with van der Waals surface area (Å²) in [5.41, 5.74) is 1.15. The van der Waals surface area contributed by atoms with Gasteiger partial charge in [-0.15, -0.1) is 0 Å². The lowest BCUT2D eigenvalue weighted by molar-refractivity contribution is -0.0856. The van der Waals surface area contributed by atoms with Crippen LogP contribution in [0.2, 0.25) is 0 Å². The van der Waals surface area contributed by atoms with Gasteiger partial charge in [-0.05, 0) is 32.9 Å². The summed E-state index contributed by atoms with van der Waals surface area (Å²) in [7, 11) is 2.15. The Labute approximate surface area is 98.2 Å². The van der Waals surface area contributed by atoms with Crippen LogP contribution in [0.3, 0.4) is 0 Å². The summed E-state index contributed by atoms with van der Waals surface area (Å²) < 4.78 is 6.23. The van der Waals surface area contributed by atoms with Gasteiger partial charge in [-0.2, -0.15) is 0 Å². The number of hydrogen-bond donors (Lipinski definition) is 0. The average molecular weight is 219 g/mol. The maximum absolute atomic E-state index is 6.23.